The molecule has 0 saturated heterocycles. The second-order valence-corrected chi connectivity index (χ2v) is 5.98. The van der Waals surface area contributed by atoms with Gasteiger partial charge in [-0.2, -0.15) is 0 Å². The van der Waals surface area contributed by atoms with Crippen molar-refractivity contribution < 1.29 is 9.53 Å². The van der Waals surface area contributed by atoms with Gasteiger partial charge in [0.15, 0.2) is 0 Å². The van der Waals surface area contributed by atoms with E-state index in [1.165, 1.54) is 5.56 Å². The lowest BCUT2D eigenvalue weighted by atomic mass is 9.85. The van der Waals surface area contributed by atoms with Crippen molar-refractivity contribution in [1.29, 1.82) is 0 Å². The quantitative estimate of drug-likeness (QED) is 0.780. The fourth-order valence-electron chi connectivity index (χ4n) is 3.11. The van der Waals surface area contributed by atoms with E-state index in [2.05, 4.69) is 20.8 Å². The van der Waals surface area contributed by atoms with Crippen molar-refractivity contribution in [3.05, 3.63) is 28.6 Å². The van der Waals surface area contributed by atoms with E-state index in [1.54, 1.807) is 0 Å². The molecule has 104 valence electrons. The summed E-state index contributed by atoms with van der Waals surface area (Å²) in [5.74, 6) is 0.219. The minimum absolute atomic E-state index is 0.0925. The Hall–Kier alpha value is -1.38. The number of hydrogen-bond donors (Lipinski definition) is 0. The van der Waals surface area contributed by atoms with Crippen LogP contribution < -0.4 is 0 Å². The van der Waals surface area contributed by atoms with Crippen molar-refractivity contribution in [1.82, 2.24) is 4.98 Å². The van der Waals surface area contributed by atoms with Gasteiger partial charge in [-0.15, -0.1) is 0 Å². The fourth-order valence-corrected chi connectivity index (χ4v) is 3.11. The maximum Gasteiger partial charge on any atom is 0.339 e. The van der Waals surface area contributed by atoms with Gasteiger partial charge in [-0.25, -0.2) is 4.79 Å². The first-order chi connectivity index (χ1) is 8.90. The van der Waals surface area contributed by atoms with Crippen molar-refractivity contribution in [3.8, 4) is 0 Å². The smallest absolute Gasteiger partial charge is 0.339 e. The van der Waals surface area contributed by atoms with Crippen LogP contribution in [0.15, 0.2) is 6.07 Å². The first kappa shape index (κ1) is 14.0. The van der Waals surface area contributed by atoms with E-state index in [-0.39, 0.29) is 11.4 Å². The zero-order valence-electron chi connectivity index (χ0n) is 12.5. The molecule has 0 aromatic carbocycles. The van der Waals surface area contributed by atoms with Crippen LogP contribution in [0.5, 0.6) is 0 Å². The van der Waals surface area contributed by atoms with E-state index in [4.69, 9.17) is 9.72 Å². The number of aromatic nitrogens is 1. The number of esters is 1. The Morgan fingerprint density at radius 3 is 2.74 bits per heavy atom. The lowest BCUT2D eigenvalue weighted by Crippen LogP contribution is -2.16. The third-order valence-electron chi connectivity index (χ3n) is 3.97. The van der Waals surface area contributed by atoms with Crippen LogP contribution in [0, 0.1) is 0 Å². The van der Waals surface area contributed by atoms with Crippen LogP contribution in [0.2, 0.25) is 0 Å². The summed E-state index contributed by atoms with van der Waals surface area (Å²) in [4.78, 5) is 16.8. The monoisotopic (exact) mass is 261 g/mol. The second-order valence-electron chi connectivity index (χ2n) is 5.98. The summed E-state index contributed by atoms with van der Waals surface area (Å²) in [5.41, 5.74) is 3.97. The molecule has 0 amide bonds. The Kier molecular flexibility index (Phi) is 3.66. The zero-order chi connectivity index (χ0) is 14.2. The topological polar surface area (TPSA) is 39.2 Å². The molecule has 0 radical (unpaired) electrons. The lowest BCUT2D eigenvalue weighted by Gasteiger charge is -2.19. The van der Waals surface area contributed by atoms with E-state index in [9.17, 15) is 4.79 Å². The van der Waals surface area contributed by atoms with Crippen molar-refractivity contribution in [3.63, 3.8) is 0 Å². The van der Waals surface area contributed by atoms with E-state index in [0.29, 0.717) is 18.1 Å². The highest BCUT2D eigenvalue weighted by Gasteiger charge is 2.37. The van der Waals surface area contributed by atoms with E-state index in [0.717, 1.165) is 24.2 Å². The summed E-state index contributed by atoms with van der Waals surface area (Å²) in [7, 11) is 0. The number of ether oxygens (including phenoxy) is 1. The van der Waals surface area contributed by atoms with Gasteiger partial charge in [-0.05, 0) is 42.7 Å². The van der Waals surface area contributed by atoms with Gasteiger partial charge in [-0.3, -0.25) is 4.98 Å². The van der Waals surface area contributed by atoms with E-state index < -0.39 is 0 Å². The molecule has 0 bridgehead atoms. The predicted octanol–water partition coefficient (Wildman–Crippen LogP) is 3.61. The molecule has 1 atom stereocenters. The van der Waals surface area contributed by atoms with Gasteiger partial charge in [0.1, 0.15) is 0 Å². The van der Waals surface area contributed by atoms with E-state index in [1.807, 2.05) is 19.9 Å². The molecule has 0 fully saturated rings. The Morgan fingerprint density at radius 2 is 2.16 bits per heavy atom. The Morgan fingerprint density at radius 1 is 1.47 bits per heavy atom. The summed E-state index contributed by atoms with van der Waals surface area (Å²) in [5, 5.41) is 0. The molecule has 1 aliphatic carbocycles. The van der Waals surface area contributed by atoms with Crippen LogP contribution in [0.4, 0.5) is 0 Å². The van der Waals surface area contributed by atoms with Crippen molar-refractivity contribution in [2.75, 3.05) is 6.61 Å². The number of carbonyl (C=O) groups is 1. The molecule has 3 heteroatoms. The average Bonchev–Trinajstić information content (AvgIpc) is 2.58. The van der Waals surface area contributed by atoms with Gasteiger partial charge >= 0.3 is 5.97 Å². The van der Waals surface area contributed by atoms with Crippen molar-refractivity contribution in [2.24, 2.45) is 0 Å². The van der Waals surface area contributed by atoms with Gasteiger partial charge in [0, 0.05) is 5.69 Å². The summed E-state index contributed by atoms with van der Waals surface area (Å²) in [6.07, 6.45) is 1.85. The van der Waals surface area contributed by atoms with Crippen LogP contribution in [-0.4, -0.2) is 17.6 Å². The number of pyridine rings is 1. The van der Waals surface area contributed by atoms with Crippen molar-refractivity contribution in [2.45, 2.75) is 58.8 Å². The highest BCUT2D eigenvalue weighted by Crippen LogP contribution is 2.45. The predicted molar refractivity (Wildman–Crippen MR) is 75.6 cm³/mol. The maximum absolute atomic E-state index is 12.1. The number of fused-ring (bicyclic) bond motifs is 1. The molecule has 1 aromatic rings. The van der Waals surface area contributed by atoms with Crippen LogP contribution in [0.1, 0.15) is 74.3 Å². The van der Waals surface area contributed by atoms with Gasteiger partial charge in [0.05, 0.1) is 17.9 Å². The van der Waals surface area contributed by atoms with Crippen LogP contribution in [0.25, 0.3) is 0 Å². The minimum atomic E-state index is -0.245. The first-order valence-electron chi connectivity index (χ1n) is 7.12. The largest absolute Gasteiger partial charge is 0.462 e. The van der Waals surface area contributed by atoms with E-state index >= 15 is 0 Å². The van der Waals surface area contributed by atoms with Crippen LogP contribution >= 0.6 is 0 Å². The normalized spacial score (nSPS) is 20.2. The molecule has 0 aliphatic heterocycles. The molecule has 1 unspecified atom stereocenters. The molecule has 0 saturated carbocycles. The Labute approximate surface area is 115 Å². The Bertz CT molecular complexity index is 506. The van der Waals surface area contributed by atoms with Gasteiger partial charge in [0.2, 0.25) is 0 Å². The first-order valence-corrected chi connectivity index (χ1v) is 7.12. The molecule has 3 nitrogen and oxygen atoms in total. The third-order valence-corrected chi connectivity index (χ3v) is 3.97. The molecular weight excluding hydrogens is 238 g/mol. The van der Waals surface area contributed by atoms with Crippen molar-refractivity contribution >= 4 is 5.97 Å². The molecule has 0 N–H and O–H groups in total. The lowest BCUT2D eigenvalue weighted by molar-refractivity contribution is 0.0524. The summed E-state index contributed by atoms with van der Waals surface area (Å²) in [6, 6.07) is 2.02. The zero-order valence-corrected chi connectivity index (χ0v) is 12.5. The summed E-state index contributed by atoms with van der Waals surface area (Å²) in [6.45, 7) is 10.9. The highest BCUT2D eigenvalue weighted by atomic mass is 16.5. The van der Waals surface area contributed by atoms with Gasteiger partial charge < -0.3 is 4.74 Å². The Balaban J connectivity index is 2.55. The third kappa shape index (κ3) is 2.38. The van der Waals surface area contributed by atoms with Gasteiger partial charge in [0.25, 0.3) is 0 Å². The summed E-state index contributed by atoms with van der Waals surface area (Å²) < 4.78 is 5.15. The average molecular weight is 261 g/mol. The SMILES string of the molecule is CCOC(=O)c1cc2c(nc1CC)C(C)CC2(C)C. The molecule has 1 heterocycles. The molecular formula is C16H23NO2. The molecule has 1 aromatic heterocycles. The number of rotatable bonds is 3. The van der Waals surface area contributed by atoms with Crippen LogP contribution in [0.3, 0.4) is 0 Å². The maximum atomic E-state index is 12.1. The van der Waals surface area contributed by atoms with Crippen LogP contribution in [-0.2, 0) is 16.6 Å². The molecule has 0 spiro atoms. The number of carbonyl (C=O) groups excluding carboxylic acids is 1. The molecule has 1 aliphatic rings. The highest BCUT2D eigenvalue weighted by molar-refractivity contribution is 5.91. The fraction of sp³-hybridized carbons (Fsp3) is 0.625. The van der Waals surface area contributed by atoms with Gasteiger partial charge in [-0.1, -0.05) is 27.7 Å². The number of nitrogens with zero attached hydrogens (tertiary/aromatic N) is 1. The second kappa shape index (κ2) is 4.95. The summed E-state index contributed by atoms with van der Waals surface area (Å²) >= 11 is 0. The standard InChI is InChI=1S/C16H23NO2/c1-6-13-11(15(18)19-7-2)8-12-14(17-13)10(3)9-16(12,4)5/h8,10H,6-7,9H2,1-5H3. The molecule has 19 heavy (non-hydrogen) atoms. The number of aryl methyl sites for hydroxylation is 1. The minimum Gasteiger partial charge on any atom is -0.462 e. The molecule has 2 rings (SSSR count). The number of hydrogen-bond acceptors (Lipinski definition) is 3.